The number of benzene rings is 1. The normalized spacial score (nSPS) is 18.1. The predicted molar refractivity (Wildman–Crippen MR) is 61.4 cm³/mol. The number of para-hydroxylation sites is 1. The minimum Gasteiger partial charge on any atom is -0.467 e. The van der Waals surface area contributed by atoms with Crippen LogP contribution in [0.15, 0.2) is 24.3 Å². The molecule has 0 spiro atoms. The smallest absolute Gasteiger partial charge is 0.328 e. The molecule has 0 bridgehead atoms. The van der Waals surface area contributed by atoms with Gasteiger partial charge in [-0.25, -0.2) is 4.79 Å². The minimum atomic E-state index is -0.185. The van der Waals surface area contributed by atoms with Crippen LogP contribution < -0.4 is 5.32 Å². The summed E-state index contributed by atoms with van der Waals surface area (Å²) >= 11 is 0. The van der Waals surface area contributed by atoms with Gasteiger partial charge in [-0.3, -0.25) is 0 Å². The first-order chi connectivity index (χ1) is 6.81. The van der Waals surface area contributed by atoms with Crippen molar-refractivity contribution in [2.45, 2.75) is 18.9 Å². The Labute approximate surface area is 95.2 Å². The third-order valence-electron chi connectivity index (χ3n) is 2.54. The lowest BCUT2D eigenvalue weighted by molar-refractivity contribution is -0.141. The van der Waals surface area contributed by atoms with Crippen LogP contribution in [0, 0.1) is 0 Å². The zero-order chi connectivity index (χ0) is 9.97. The van der Waals surface area contributed by atoms with E-state index in [2.05, 4.69) is 11.4 Å². The topological polar surface area (TPSA) is 38.3 Å². The molecule has 0 unspecified atom stereocenters. The first-order valence-corrected chi connectivity index (χ1v) is 4.73. The number of methoxy groups -OCH3 is 1. The summed E-state index contributed by atoms with van der Waals surface area (Å²) < 4.78 is 4.70. The highest BCUT2D eigenvalue weighted by Gasteiger charge is 2.23. The molecule has 3 nitrogen and oxygen atoms in total. The van der Waals surface area contributed by atoms with Crippen LogP contribution in [-0.2, 0) is 16.0 Å². The molecule has 1 aromatic rings. The van der Waals surface area contributed by atoms with Gasteiger partial charge in [-0.1, -0.05) is 18.2 Å². The van der Waals surface area contributed by atoms with Crippen LogP contribution in [0.1, 0.15) is 12.0 Å². The van der Waals surface area contributed by atoms with Gasteiger partial charge in [0.05, 0.1) is 7.11 Å². The summed E-state index contributed by atoms with van der Waals surface area (Å²) in [4.78, 5) is 11.3. The van der Waals surface area contributed by atoms with Crippen molar-refractivity contribution in [2.24, 2.45) is 0 Å². The van der Waals surface area contributed by atoms with Gasteiger partial charge in [0.2, 0.25) is 0 Å². The third-order valence-corrected chi connectivity index (χ3v) is 2.54. The third kappa shape index (κ3) is 2.42. The van der Waals surface area contributed by atoms with Crippen molar-refractivity contribution in [1.29, 1.82) is 0 Å². The quantitative estimate of drug-likeness (QED) is 0.746. The van der Waals surface area contributed by atoms with Crippen molar-refractivity contribution in [3.05, 3.63) is 29.8 Å². The molecule has 0 saturated carbocycles. The molecule has 1 aromatic carbocycles. The number of carbonyl (C=O) groups is 1. The molecule has 2 rings (SSSR count). The van der Waals surface area contributed by atoms with Gasteiger partial charge >= 0.3 is 5.97 Å². The Bertz CT molecular complexity index is 354. The fraction of sp³-hybridized carbons (Fsp3) is 0.364. The number of anilines is 1. The van der Waals surface area contributed by atoms with E-state index in [1.165, 1.54) is 12.7 Å². The highest BCUT2D eigenvalue weighted by Crippen LogP contribution is 2.24. The van der Waals surface area contributed by atoms with E-state index >= 15 is 0 Å². The standard InChI is InChI=1S/C11H13NO2.ClH/c1-14-11(13)10-7-6-8-4-2-3-5-9(8)12-10;/h2-5,10,12H,6-7H2,1H3;1H/t10-;/m0./s1. The van der Waals surface area contributed by atoms with Crippen molar-refractivity contribution in [3.8, 4) is 0 Å². The van der Waals surface area contributed by atoms with Gasteiger partial charge in [-0.2, -0.15) is 0 Å². The minimum absolute atomic E-state index is 0. The van der Waals surface area contributed by atoms with E-state index in [9.17, 15) is 4.79 Å². The summed E-state index contributed by atoms with van der Waals surface area (Å²) in [7, 11) is 1.42. The molecule has 15 heavy (non-hydrogen) atoms. The van der Waals surface area contributed by atoms with Crippen LogP contribution in [0.5, 0.6) is 0 Å². The van der Waals surface area contributed by atoms with E-state index in [4.69, 9.17) is 4.74 Å². The second-order valence-corrected chi connectivity index (χ2v) is 3.42. The molecule has 1 heterocycles. The Kier molecular flexibility index (Phi) is 3.97. The number of esters is 1. The Morgan fingerprint density at radius 1 is 1.47 bits per heavy atom. The molecule has 1 aliphatic rings. The molecule has 0 fully saturated rings. The number of hydrogen-bond acceptors (Lipinski definition) is 3. The van der Waals surface area contributed by atoms with Crippen LogP contribution in [0.25, 0.3) is 0 Å². The van der Waals surface area contributed by atoms with Crippen molar-refractivity contribution in [3.63, 3.8) is 0 Å². The van der Waals surface area contributed by atoms with Crippen molar-refractivity contribution in [2.75, 3.05) is 12.4 Å². The highest BCUT2D eigenvalue weighted by atomic mass is 35.5. The van der Waals surface area contributed by atoms with E-state index < -0.39 is 0 Å². The van der Waals surface area contributed by atoms with Crippen LogP contribution in [0.2, 0.25) is 0 Å². The van der Waals surface area contributed by atoms with Gasteiger partial charge in [0, 0.05) is 5.69 Å². The molecular weight excluding hydrogens is 214 g/mol. The predicted octanol–water partition coefficient (Wildman–Crippen LogP) is 2.01. The average Bonchev–Trinajstić information content (AvgIpc) is 2.27. The number of rotatable bonds is 1. The van der Waals surface area contributed by atoms with Crippen LogP contribution in [0.4, 0.5) is 5.69 Å². The van der Waals surface area contributed by atoms with Gasteiger partial charge in [-0.05, 0) is 24.5 Å². The zero-order valence-electron chi connectivity index (χ0n) is 8.53. The van der Waals surface area contributed by atoms with Gasteiger partial charge in [-0.15, -0.1) is 12.4 Å². The molecule has 0 aromatic heterocycles. The summed E-state index contributed by atoms with van der Waals surface area (Å²) in [6.07, 6.45) is 1.74. The lowest BCUT2D eigenvalue weighted by Crippen LogP contribution is -2.34. The maximum atomic E-state index is 11.3. The molecule has 0 aliphatic carbocycles. The summed E-state index contributed by atoms with van der Waals surface area (Å²) in [6.45, 7) is 0. The number of fused-ring (bicyclic) bond motifs is 1. The maximum absolute atomic E-state index is 11.3. The Morgan fingerprint density at radius 3 is 2.93 bits per heavy atom. The van der Waals surface area contributed by atoms with Gasteiger partial charge in [0.25, 0.3) is 0 Å². The molecule has 1 aliphatic heterocycles. The van der Waals surface area contributed by atoms with E-state index in [0.29, 0.717) is 0 Å². The van der Waals surface area contributed by atoms with E-state index in [1.54, 1.807) is 0 Å². The first kappa shape index (κ1) is 11.9. The number of aryl methyl sites for hydroxylation is 1. The van der Waals surface area contributed by atoms with Gasteiger partial charge in [0.1, 0.15) is 6.04 Å². The summed E-state index contributed by atoms with van der Waals surface area (Å²) in [5, 5.41) is 3.17. The van der Waals surface area contributed by atoms with Crippen LogP contribution in [-0.4, -0.2) is 19.1 Å². The van der Waals surface area contributed by atoms with E-state index in [-0.39, 0.29) is 24.4 Å². The van der Waals surface area contributed by atoms with Crippen LogP contribution in [0.3, 0.4) is 0 Å². The summed E-state index contributed by atoms with van der Waals surface area (Å²) in [6, 6.07) is 7.86. The van der Waals surface area contributed by atoms with E-state index in [0.717, 1.165) is 18.5 Å². The highest BCUT2D eigenvalue weighted by molar-refractivity contribution is 5.85. The molecule has 0 saturated heterocycles. The Morgan fingerprint density at radius 2 is 2.20 bits per heavy atom. The molecule has 1 N–H and O–H groups in total. The lowest BCUT2D eigenvalue weighted by atomic mass is 9.98. The summed E-state index contributed by atoms with van der Waals surface area (Å²) in [5.41, 5.74) is 2.32. The van der Waals surface area contributed by atoms with Crippen molar-refractivity contribution < 1.29 is 9.53 Å². The molecule has 1 atom stereocenters. The van der Waals surface area contributed by atoms with Crippen molar-refractivity contribution >= 4 is 24.1 Å². The number of nitrogens with one attached hydrogen (secondary N) is 1. The largest absolute Gasteiger partial charge is 0.467 e. The molecule has 0 radical (unpaired) electrons. The Balaban J connectivity index is 0.00000112. The fourth-order valence-corrected chi connectivity index (χ4v) is 1.76. The summed E-state index contributed by atoms with van der Waals surface area (Å²) in [5.74, 6) is -0.181. The second kappa shape index (κ2) is 5.03. The fourth-order valence-electron chi connectivity index (χ4n) is 1.76. The lowest BCUT2D eigenvalue weighted by Gasteiger charge is -2.24. The maximum Gasteiger partial charge on any atom is 0.328 e. The molecular formula is C11H14ClNO2. The molecule has 82 valence electrons. The van der Waals surface area contributed by atoms with Crippen LogP contribution >= 0.6 is 12.4 Å². The monoisotopic (exact) mass is 227 g/mol. The molecule has 4 heteroatoms. The first-order valence-electron chi connectivity index (χ1n) is 4.73. The van der Waals surface area contributed by atoms with E-state index in [1.807, 2.05) is 18.2 Å². The molecule has 0 amide bonds. The zero-order valence-corrected chi connectivity index (χ0v) is 9.34. The average molecular weight is 228 g/mol. The number of hydrogen-bond donors (Lipinski definition) is 1. The van der Waals surface area contributed by atoms with Crippen molar-refractivity contribution in [1.82, 2.24) is 0 Å². The number of carbonyl (C=O) groups excluding carboxylic acids is 1. The van der Waals surface area contributed by atoms with Gasteiger partial charge in [0.15, 0.2) is 0 Å². The Hall–Kier alpha value is -1.22. The second-order valence-electron chi connectivity index (χ2n) is 3.42. The SMILES string of the molecule is COC(=O)[C@@H]1CCc2ccccc2N1.Cl. The number of halogens is 1. The number of ether oxygens (including phenoxy) is 1. The van der Waals surface area contributed by atoms with Gasteiger partial charge < -0.3 is 10.1 Å².